The summed E-state index contributed by atoms with van der Waals surface area (Å²) >= 11 is 0. The van der Waals surface area contributed by atoms with E-state index in [4.69, 9.17) is 0 Å². The number of rotatable bonds is 9. The zero-order valence-corrected chi connectivity index (χ0v) is 19.2. The van der Waals surface area contributed by atoms with Crippen molar-refractivity contribution in [2.24, 2.45) is 0 Å². The summed E-state index contributed by atoms with van der Waals surface area (Å²) in [6, 6.07) is 18.2. The molecule has 3 nitrogen and oxygen atoms in total. The summed E-state index contributed by atoms with van der Waals surface area (Å²) < 4.78 is 41.5. The van der Waals surface area contributed by atoms with E-state index in [1.54, 1.807) is 6.07 Å². The van der Waals surface area contributed by atoms with Gasteiger partial charge in [-0.1, -0.05) is 36.4 Å². The van der Waals surface area contributed by atoms with E-state index in [1.807, 2.05) is 12.3 Å². The number of likely N-dealkylation sites (tertiary alicyclic amines) is 1. The molecule has 0 radical (unpaired) electrons. The average Bonchev–Trinajstić information content (AvgIpc) is 3.46. The predicted octanol–water partition coefficient (Wildman–Crippen LogP) is 5.96. The predicted molar refractivity (Wildman–Crippen MR) is 126 cm³/mol. The molecule has 0 aliphatic carbocycles. The first-order valence-electron chi connectivity index (χ1n) is 11.7. The van der Waals surface area contributed by atoms with Crippen LogP contribution in [0.3, 0.4) is 0 Å². The number of alkyl halides is 3. The Morgan fingerprint density at radius 3 is 2.45 bits per heavy atom. The number of hydrogen-bond donors (Lipinski definition) is 0. The maximum absolute atomic E-state index is 13.1. The molecule has 6 heteroatoms. The molecular weight excluding hydrogens is 423 g/mol. The van der Waals surface area contributed by atoms with Gasteiger partial charge in [0.2, 0.25) is 0 Å². The van der Waals surface area contributed by atoms with E-state index in [0.717, 1.165) is 37.9 Å². The zero-order chi connectivity index (χ0) is 23.3. The van der Waals surface area contributed by atoms with Gasteiger partial charge < -0.3 is 9.47 Å². The van der Waals surface area contributed by atoms with Crippen molar-refractivity contribution in [1.82, 2.24) is 14.4 Å². The molecule has 1 fully saturated rings. The van der Waals surface area contributed by atoms with Crippen molar-refractivity contribution in [3.8, 4) is 0 Å². The largest absolute Gasteiger partial charge is 0.416 e. The van der Waals surface area contributed by atoms with Gasteiger partial charge in [-0.15, -0.1) is 0 Å². The Kier molecular flexibility index (Phi) is 7.56. The summed E-state index contributed by atoms with van der Waals surface area (Å²) in [5.74, 6) is 0. The number of aryl methyl sites for hydroxylation is 1. The summed E-state index contributed by atoms with van der Waals surface area (Å²) in [6.07, 6.45) is 0.187. The first-order chi connectivity index (χ1) is 15.9. The second-order valence-electron chi connectivity index (χ2n) is 9.01. The molecule has 0 bridgehead atoms. The van der Waals surface area contributed by atoms with E-state index in [-0.39, 0.29) is 0 Å². The second-order valence-corrected chi connectivity index (χ2v) is 9.01. The lowest BCUT2D eigenvalue weighted by atomic mass is 10.1. The topological polar surface area (TPSA) is 11.4 Å². The minimum Gasteiger partial charge on any atom is -0.346 e. The first kappa shape index (κ1) is 23.6. The summed E-state index contributed by atoms with van der Waals surface area (Å²) in [5.41, 5.74) is 3.77. The summed E-state index contributed by atoms with van der Waals surface area (Å²) in [5, 5.41) is 0. The minimum absolute atomic E-state index is 0.427. The quantitative estimate of drug-likeness (QED) is 0.394. The number of benzene rings is 2. The van der Waals surface area contributed by atoms with Crippen LogP contribution in [0.15, 0.2) is 66.9 Å². The van der Waals surface area contributed by atoms with Crippen LogP contribution in [0.4, 0.5) is 13.2 Å². The summed E-state index contributed by atoms with van der Waals surface area (Å²) in [4.78, 5) is 4.98. The monoisotopic (exact) mass is 455 g/mol. The van der Waals surface area contributed by atoms with E-state index < -0.39 is 11.7 Å². The summed E-state index contributed by atoms with van der Waals surface area (Å²) in [6.45, 7) is 8.53. The van der Waals surface area contributed by atoms with Crippen LogP contribution in [0.2, 0.25) is 0 Å². The van der Waals surface area contributed by atoms with E-state index in [0.29, 0.717) is 12.1 Å². The van der Waals surface area contributed by atoms with Crippen molar-refractivity contribution in [2.45, 2.75) is 45.6 Å². The third-order valence-corrected chi connectivity index (χ3v) is 6.50. The van der Waals surface area contributed by atoms with Gasteiger partial charge in [-0.05, 0) is 73.8 Å². The SMILES string of the molecule is Cc1ccccc1CN(CCN1CCCC1)Cc1cccn1Cc1cccc(C(F)(F)F)c1. The lowest BCUT2D eigenvalue weighted by molar-refractivity contribution is -0.137. The number of halogens is 3. The molecule has 1 aliphatic heterocycles. The van der Waals surface area contributed by atoms with E-state index in [9.17, 15) is 13.2 Å². The van der Waals surface area contributed by atoms with Gasteiger partial charge in [0.25, 0.3) is 0 Å². The smallest absolute Gasteiger partial charge is 0.346 e. The Labute approximate surface area is 194 Å². The van der Waals surface area contributed by atoms with E-state index in [2.05, 4.69) is 51.6 Å². The van der Waals surface area contributed by atoms with Gasteiger partial charge in [-0.25, -0.2) is 0 Å². The Balaban J connectivity index is 1.49. The molecule has 0 unspecified atom stereocenters. The molecule has 2 heterocycles. The standard InChI is InChI=1S/C27H32F3N3/c1-22-8-2-3-10-24(22)20-32(17-16-31-13-4-5-14-31)21-26-12-7-15-33(26)19-23-9-6-11-25(18-23)27(28,29)30/h2-3,6-12,15,18H,4-5,13-14,16-17,19-21H2,1H3. The average molecular weight is 456 g/mol. The van der Waals surface area contributed by atoms with Crippen LogP contribution in [0.5, 0.6) is 0 Å². The van der Waals surface area contributed by atoms with Crippen LogP contribution in [-0.2, 0) is 25.8 Å². The second kappa shape index (κ2) is 10.6. The van der Waals surface area contributed by atoms with E-state index >= 15 is 0 Å². The molecule has 2 aromatic carbocycles. The number of aromatic nitrogens is 1. The highest BCUT2D eigenvalue weighted by atomic mass is 19.4. The summed E-state index contributed by atoms with van der Waals surface area (Å²) in [7, 11) is 0. The van der Waals surface area contributed by atoms with Crippen LogP contribution in [0.25, 0.3) is 0 Å². The van der Waals surface area contributed by atoms with Gasteiger partial charge >= 0.3 is 6.18 Å². The molecule has 1 saturated heterocycles. The maximum Gasteiger partial charge on any atom is 0.416 e. The molecule has 0 spiro atoms. The molecule has 0 atom stereocenters. The highest BCUT2D eigenvalue weighted by Gasteiger charge is 2.30. The molecule has 0 saturated carbocycles. The van der Waals surface area contributed by atoms with Crippen LogP contribution in [-0.4, -0.2) is 40.5 Å². The van der Waals surface area contributed by atoms with Gasteiger partial charge in [0.15, 0.2) is 0 Å². The first-order valence-corrected chi connectivity index (χ1v) is 11.7. The molecule has 33 heavy (non-hydrogen) atoms. The Bertz CT molecular complexity index is 1030. The van der Waals surface area contributed by atoms with Crippen molar-refractivity contribution < 1.29 is 13.2 Å². The van der Waals surface area contributed by atoms with Crippen LogP contribution in [0, 0.1) is 6.92 Å². The van der Waals surface area contributed by atoms with Gasteiger partial charge in [-0.3, -0.25) is 4.90 Å². The Morgan fingerprint density at radius 1 is 0.909 bits per heavy atom. The van der Waals surface area contributed by atoms with Gasteiger partial charge in [0.1, 0.15) is 0 Å². The molecule has 3 aromatic rings. The minimum atomic E-state index is -4.32. The maximum atomic E-state index is 13.1. The molecule has 4 rings (SSSR count). The lowest BCUT2D eigenvalue weighted by Crippen LogP contribution is -2.34. The Hall–Kier alpha value is -2.57. The lowest BCUT2D eigenvalue weighted by Gasteiger charge is -2.26. The van der Waals surface area contributed by atoms with E-state index in [1.165, 1.54) is 49.2 Å². The fourth-order valence-electron chi connectivity index (χ4n) is 4.55. The third-order valence-electron chi connectivity index (χ3n) is 6.50. The van der Waals surface area contributed by atoms with Gasteiger partial charge in [-0.2, -0.15) is 13.2 Å². The highest BCUT2D eigenvalue weighted by Crippen LogP contribution is 2.29. The normalized spacial score (nSPS) is 14.9. The van der Waals surface area contributed by atoms with Crippen molar-refractivity contribution in [3.05, 3.63) is 94.8 Å². The molecule has 1 aliphatic rings. The third kappa shape index (κ3) is 6.49. The van der Waals surface area contributed by atoms with Gasteiger partial charge in [0.05, 0.1) is 5.56 Å². The van der Waals surface area contributed by atoms with Crippen LogP contribution >= 0.6 is 0 Å². The molecule has 176 valence electrons. The van der Waals surface area contributed by atoms with Crippen molar-refractivity contribution in [3.63, 3.8) is 0 Å². The van der Waals surface area contributed by atoms with Crippen molar-refractivity contribution in [2.75, 3.05) is 26.2 Å². The van der Waals surface area contributed by atoms with Crippen LogP contribution in [0.1, 0.15) is 40.8 Å². The molecule has 0 N–H and O–H groups in total. The number of hydrogen-bond acceptors (Lipinski definition) is 2. The fourth-order valence-corrected chi connectivity index (χ4v) is 4.55. The number of nitrogens with zero attached hydrogens (tertiary/aromatic N) is 3. The fraction of sp³-hybridized carbons (Fsp3) is 0.407. The molecule has 1 aromatic heterocycles. The van der Waals surface area contributed by atoms with Crippen LogP contribution < -0.4 is 0 Å². The molecule has 0 amide bonds. The highest BCUT2D eigenvalue weighted by molar-refractivity contribution is 5.27. The zero-order valence-electron chi connectivity index (χ0n) is 19.2. The van der Waals surface area contributed by atoms with Gasteiger partial charge in [0, 0.05) is 44.6 Å². The molecular formula is C27H32F3N3. The van der Waals surface area contributed by atoms with Crippen molar-refractivity contribution in [1.29, 1.82) is 0 Å². The van der Waals surface area contributed by atoms with Crippen molar-refractivity contribution >= 4 is 0 Å². The Morgan fingerprint density at radius 2 is 1.70 bits per heavy atom.